The van der Waals surface area contributed by atoms with Crippen LogP contribution in [0.5, 0.6) is 0 Å². The summed E-state index contributed by atoms with van der Waals surface area (Å²) in [5, 5.41) is 3.65. The second-order valence-corrected chi connectivity index (χ2v) is 6.45. The number of rotatable bonds is 4. The third kappa shape index (κ3) is 4.21. The van der Waals surface area contributed by atoms with E-state index in [9.17, 15) is 9.59 Å². The van der Waals surface area contributed by atoms with E-state index in [1.165, 1.54) is 0 Å². The van der Waals surface area contributed by atoms with Crippen molar-refractivity contribution in [2.45, 2.75) is 0 Å². The highest BCUT2D eigenvalue weighted by Crippen LogP contribution is 2.26. The summed E-state index contributed by atoms with van der Waals surface area (Å²) in [7, 11) is 0. The van der Waals surface area contributed by atoms with Gasteiger partial charge >= 0.3 is 0 Å². The number of halogens is 2. The Morgan fingerprint density at radius 3 is 2.56 bits per heavy atom. The Kier molecular flexibility index (Phi) is 5.40. The van der Waals surface area contributed by atoms with Crippen LogP contribution < -0.4 is 10.2 Å². The zero-order valence-electron chi connectivity index (χ0n) is 13.3. The third-order valence-corrected chi connectivity index (χ3v) is 4.52. The summed E-state index contributed by atoms with van der Waals surface area (Å²) in [6.07, 6.45) is 2.45. The summed E-state index contributed by atoms with van der Waals surface area (Å²) < 4.78 is 0. The van der Waals surface area contributed by atoms with Crippen molar-refractivity contribution in [1.29, 1.82) is 0 Å². The molecule has 0 aliphatic carbocycles. The molecule has 1 aromatic heterocycles. The molecular formula is C17H16Cl2N4O2. The second-order valence-electron chi connectivity index (χ2n) is 5.61. The minimum atomic E-state index is -0.278. The number of carbonyl (C=O) groups excluding carboxylic acids is 2. The van der Waals surface area contributed by atoms with E-state index in [1.54, 1.807) is 41.4 Å². The van der Waals surface area contributed by atoms with Gasteiger partial charge in [-0.05, 0) is 30.3 Å². The quantitative estimate of drug-likeness (QED) is 0.830. The highest BCUT2D eigenvalue weighted by molar-refractivity contribution is 6.36. The van der Waals surface area contributed by atoms with Gasteiger partial charge in [0.15, 0.2) is 0 Å². The van der Waals surface area contributed by atoms with Crippen molar-refractivity contribution in [3.63, 3.8) is 0 Å². The fourth-order valence-corrected chi connectivity index (χ4v) is 3.03. The van der Waals surface area contributed by atoms with Gasteiger partial charge in [0, 0.05) is 43.0 Å². The first-order chi connectivity index (χ1) is 12.1. The standard InChI is InChI=1S/C17H16Cl2N4O2/c18-13-1-2-15(14(19)10-13)21-17(25)12-3-4-20-16(9-12)23-7-5-22(11-24)6-8-23/h1-4,9-11H,5-8H2,(H,21,25). The maximum atomic E-state index is 12.5. The van der Waals surface area contributed by atoms with Gasteiger partial charge in [-0.25, -0.2) is 4.98 Å². The zero-order chi connectivity index (χ0) is 17.8. The summed E-state index contributed by atoms with van der Waals surface area (Å²) in [5.74, 6) is 0.430. The zero-order valence-corrected chi connectivity index (χ0v) is 14.8. The van der Waals surface area contributed by atoms with E-state index in [2.05, 4.69) is 10.3 Å². The van der Waals surface area contributed by atoms with Gasteiger partial charge in [0.2, 0.25) is 6.41 Å². The normalized spacial score (nSPS) is 14.3. The monoisotopic (exact) mass is 378 g/mol. The number of amides is 2. The first-order valence-corrected chi connectivity index (χ1v) is 8.49. The molecule has 0 radical (unpaired) electrons. The molecule has 0 spiro atoms. The number of benzene rings is 1. The first-order valence-electron chi connectivity index (χ1n) is 7.73. The number of nitrogens with one attached hydrogen (secondary N) is 1. The molecule has 2 aromatic rings. The molecule has 6 nitrogen and oxygen atoms in total. The highest BCUT2D eigenvalue weighted by Gasteiger charge is 2.18. The average Bonchev–Trinajstić information content (AvgIpc) is 2.64. The summed E-state index contributed by atoms with van der Waals surface area (Å²) in [5.41, 5.74) is 0.975. The summed E-state index contributed by atoms with van der Waals surface area (Å²) in [4.78, 5) is 31.4. The van der Waals surface area contributed by atoms with Crippen molar-refractivity contribution in [2.24, 2.45) is 0 Å². The molecule has 3 rings (SSSR count). The van der Waals surface area contributed by atoms with Gasteiger partial charge in [0.25, 0.3) is 5.91 Å². The minimum absolute atomic E-state index is 0.278. The van der Waals surface area contributed by atoms with Gasteiger partial charge in [-0.3, -0.25) is 9.59 Å². The van der Waals surface area contributed by atoms with Gasteiger partial charge in [-0.1, -0.05) is 23.2 Å². The lowest BCUT2D eigenvalue weighted by Crippen LogP contribution is -2.46. The molecule has 0 bridgehead atoms. The number of nitrogens with zero attached hydrogens (tertiary/aromatic N) is 3. The molecule has 1 saturated heterocycles. The van der Waals surface area contributed by atoms with Crippen LogP contribution in [-0.2, 0) is 4.79 Å². The van der Waals surface area contributed by atoms with Crippen LogP contribution in [0.4, 0.5) is 11.5 Å². The van der Waals surface area contributed by atoms with Crippen molar-refractivity contribution in [3.05, 3.63) is 52.1 Å². The van der Waals surface area contributed by atoms with Crippen LogP contribution in [0.1, 0.15) is 10.4 Å². The van der Waals surface area contributed by atoms with Gasteiger partial charge in [-0.2, -0.15) is 0 Å². The first kappa shape index (κ1) is 17.5. The molecule has 1 aliphatic rings. The van der Waals surface area contributed by atoms with Crippen molar-refractivity contribution in [2.75, 3.05) is 36.4 Å². The van der Waals surface area contributed by atoms with Crippen LogP contribution in [0.25, 0.3) is 0 Å². The molecule has 1 aromatic carbocycles. The lowest BCUT2D eigenvalue weighted by molar-refractivity contribution is -0.118. The van der Waals surface area contributed by atoms with E-state index in [1.807, 2.05) is 4.90 Å². The fraction of sp³-hybridized carbons (Fsp3) is 0.235. The van der Waals surface area contributed by atoms with Crippen LogP contribution in [0, 0.1) is 0 Å². The largest absolute Gasteiger partial charge is 0.353 e. The molecule has 25 heavy (non-hydrogen) atoms. The fourth-order valence-electron chi connectivity index (χ4n) is 2.57. The van der Waals surface area contributed by atoms with Crippen molar-refractivity contribution < 1.29 is 9.59 Å². The van der Waals surface area contributed by atoms with Crippen molar-refractivity contribution in [3.8, 4) is 0 Å². The van der Waals surface area contributed by atoms with Crippen LogP contribution in [0.2, 0.25) is 10.0 Å². The topological polar surface area (TPSA) is 65.5 Å². The molecule has 0 saturated carbocycles. The maximum Gasteiger partial charge on any atom is 0.255 e. The average molecular weight is 379 g/mol. The lowest BCUT2D eigenvalue weighted by Gasteiger charge is -2.33. The Balaban J connectivity index is 1.72. The smallest absolute Gasteiger partial charge is 0.255 e. The van der Waals surface area contributed by atoms with Crippen LogP contribution in [0.3, 0.4) is 0 Å². The Morgan fingerprint density at radius 2 is 1.88 bits per heavy atom. The van der Waals surface area contributed by atoms with E-state index < -0.39 is 0 Å². The molecule has 0 unspecified atom stereocenters. The lowest BCUT2D eigenvalue weighted by atomic mass is 10.2. The molecule has 2 amide bonds. The Labute approximate surface area is 155 Å². The molecule has 0 atom stereocenters. The predicted octanol–water partition coefficient (Wildman–Crippen LogP) is 2.92. The van der Waals surface area contributed by atoms with Gasteiger partial charge in [-0.15, -0.1) is 0 Å². The SMILES string of the molecule is O=CN1CCN(c2cc(C(=O)Nc3ccc(Cl)cc3Cl)ccn2)CC1. The highest BCUT2D eigenvalue weighted by atomic mass is 35.5. The van der Waals surface area contributed by atoms with Crippen LogP contribution >= 0.6 is 23.2 Å². The van der Waals surface area contributed by atoms with Gasteiger partial charge in [0.1, 0.15) is 5.82 Å². The van der Waals surface area contributed by atoms with Gasteiger partial charge in [0.05, 0.1) is 10.7 Å². The predicted molar refractivity (Wildman–Crippen MR) is 98.5 cm³/mol. The molecule has 1 fully saturated rings. The number of anilines is 2. The molecule has 1 aliphatic heterocycles. The molecule has 2 heterocycles. The van der Waals surface area contributed by atoms with E-state index in [0.717, 1.165) is 6.41 Å². The summed E-state index contributed by atoms with van der Waals surface area (Å²) in [6.45, 7) is 2.64. The molecular weight excluding hydrogens is 363 g/mol. The van der Waals surface area contributed by atoms with E-state index in [0.29, 0.717) is 53.3 Å². The number of aromatic nitrogens is 1. The third-order valence-electron chi connectivity index (χ3n) is 3.97. The second kappa shape index (κ2) is 7.72. The number of hydrogen-bond donors (Lipinski definition) is 1. The van der Waals surface area contributed by atoms with Crippen LogP contribution in [-0.4, -0.2) is 48.4 Å². The molecule has 1 N–H and O–H groups in total. The molecule has 8 heteroatoms. The molecule has 130 valence electrons. The summed E-state index contributed by atoms with van der Waals surface area (Å²) in [6, 6.07) is 8.26. The number of piperazine rings is 1. The van der Waals surface area contributed by atoms with E-state index >= 15 is 0 Å². The van der Waals surface area contributed by atoms with Crippen molar-refractivity contribution in [1.82, 2.24) is 9.88 Å². The minimum Gasteiger partial charge on any atom is -0.353 e. The maximum absolute atomic E-state index is 12.5. The number of hydrogen-bond acceptors (Lipinski definition) is 4. The number of pyridine rings is 1. The van der Waals surface area contributed by atoms with Crippen molar-refractivity contribution >= 4 is 47.0 Å². The van der Waals surface area contributed by atoms with E-state index in [-0.39, 0.29) is 5.91 Å². The summed E-state index contributed by atoms with van der Waals surface area (Å²) >= 11 is 12.0. The van der Waals surface area contributed by atoms with Gasteiger partial charge < -0.3 is 15.1 Å². The number of carbonyl (C=O) groups is 2. The Morgan fingerprint density at radius 1 is 1.12 bits per heavy atom. The van der Waals surface area contributed by atoms with E-state index in [4.69, 9.17) is 23.2 Å². The Hall–Kier alpha value is -2.31. The van der Waals surface area contributed by atoms with Crippen LogP contribution in [0.15, 0.2) is 36.5 Å². The Bertz CT molecular complexity index is 792.